The summed E-state index contributed by atoms with van der Waals surface area (Å²) in [5, 5.41) is 9.86. The molecule has 1 aromatic carbocycles. The third kappa shape index (κ3) is 2.70. The van der Waals surface area contributed by atoms with Gasteiger partial charge in [-0.1, -0.05) is 41.4 Å². The average Bonchev–Trinajstić information content (AvgIpc) is 2.02. The van der Waals surface area contributed by atoms with Crippen LogP contribution >= 0.6 is 27.5 Å². The van der Waals surface area contributed by atoms with Crippen LogP contribution in [-0.4, -0.2) is 11.7 Å². The van der Waals surface area contributed by atoms with E-state index in [-0.39, 0.29) is 12.0 Å². The molecule has 0 fully saturated rings. The second-order valence-corrected chi connectivity index (χ2v) is 5.05. The molecule has 0 saturated carbocycles. The molecule has 1 N–H and O–H groups in total. The van der Waals surface area contributed by atoms with Gasteiger partial charge in [0.2, 0.25) is 0 Å². The Morgan fingerprint density at radius 3 is 2.46 bits per heavy atom. The summed E-state index contributed by atoms with van der Waals surface area (Å²) < 4.78 is 0.941. The number of halogens is 2. The molecule has 1 nitrogen and oxygen atoms in total. The first kappa shape index (κ1) is 11.0. The van der Waals surface area contributed by atoms with Crippen molar-refractivity contribution in [3.63, 3.8) is 0 Å². The Morgan fingerprint density at radius 1 is 1.38 bits per heavy atom. The van der Waals surface area contributed by atoms with Gasteiger partial charge in [0.05, 0.1) is 6.61 Å². The molecule has 0 aromatic heterocycles. The van der Waals surface area contributed by atoms with Crippen LogP contribution in [0.15, 0.2) is 22.7 Å². The maximum absolute atomic E-state index is 9.17. The molecule has 72 valence electrons. The van der Waals surface area contributed by atoms with Crippen molar-refractivity contribution in [2.45, 2.75) is 19.3 Å². The van der Waals surface area contributed by atoms with E-state index in [0.717, 1.165) is 10.0 Å². The summed E-state index contributed by atoms with van der Waals surface area (Å²) in [6, 6.07) is 5.68. The smallest absolute Gasteiger partial charge is 0.0522 e. The summed E-state index contributed by atoms with van der Waals surface area (Å²) in [7, 11) is 0. The summed E-state index contributed by atoms with van der Waals surface area (Å²) in [6.45, 7) is 4.07. The maximum atomic E-state index is 9.17. The molecule has 0 amide bonds. The van der Waals surface area contributed by atoms with E-state index in [4.69, 9.17) is 11.6 Å². The highest BCUT2D eigenvalue weighted by Crippen LogP contribution is 2.28. The number of hydrogen-bond acceptors (Lipinski definition) is 1. The van der Waals surface area contributed by atoms with Crippen molar-refractivity contribution in [1.29, 1.82) is 0 Å². The fourth-order valence-electron chi connectivity index (χ4n) is 1.04. The molecule has 0 heterocycles. The summed E-state index contributed by atoms with van der Waals surface area (Å²) in [5.74, 6) is 0. The van der Waals surface area contributed by atoms with Crippen LogP contribution in [0.3, 0.4) is 0 Å². The summed E-state index contributed by atoms with van der Waals surface area (Å²) in [4.78, 5) is 0. The zero-order valence-electron chi connectivity index (χ0n) is 7.64. The zero-order chi connectivity index (χ0) is 10.1. The molecule has 0 atom stereocenters. The summed E-state index contributed by atoms with van der Waals surface area (Å²) in [6.07, 6.45) is 0. The zero-order valence-corrected chi connectivity index (χ0v) is 9.98. The third-order valence-electron chi connectivity index (χ3n) is 2.04. The second kappa shape index (κ2) is 3.99. The lowest BCUT2D eigenvalue weighted by molar-refractivity contribution is 0.218. The Hall–Kier alpha value is -0.0500. The number of aliphatic hydroxyl groups excluding tert-OH is 1. The van der Waals surface area contributed by atoms with Gasteiger partial charge in [-0.3, -0.25) is 0 Å². The van der Waals surface area contributed by atoms with Gasteiger partial charge in [0.25, 0.3) is 0 Å². The third-order valence-corrected chi connectivity index (χ3v) is 2.72. The molecule has 1 rings (SSSR count). The average molecular weight is 264 g/mol. The van der Waals surface area contributed by atoms with Gasteiger partial charge in [0.1, 0.15) is 0 Å². The minimum absolute atomic E-state index is 0.111. The van der Waals surface area contributed by atoms with E-state index in [1.54, 1.807) is 0 Å². The molecular formula is C10H12BrClO. The number of aliphatic hydroxyl groups is 1. The molecule has 0 aliphatic rings. The highest BCUT2D eigenvalue weighted by atomic mass is 79.9. The quantitative estimate of drug-likeness (QED) is 0.867. The monoisotopic (exact) mass is 262 g/mol. The molecule has 3 heteroatoms. The first-order valence-corrected chi connectivity index (χ1v) is 5.20. The Bertz CT molecular complexity index is 290. The maximum Gasteiger partial charge on any atom is 0.0522 e. The highest BCUT2D eigenvalue weighted by molar-refractivity contribution is 9.10. The van der Waals surface area contributed by atoms with E-state index in [1.165, 1.54) is 0 Å². The highest BCUT2D eigenvalue weighted by Gasteiger charge is 2.19. The lowest BCUT2D eigenvalue weighted by atomic mass is 9.86. The van der Waals surface area contributed by atoms with Crippen molar-refractivity contribution in [3.8, 4) is 0 Å². The predicted molar refractivity (Wildman–Crippen MR) is 59.3 cm³/mol. The van der Waals surface area contributed by atoms with Crippen LogP contribution in [0, 0.1) is 0 Å². The van der Waals surface area contributed by atoms with Gasteiger partial charge in [-0.2, -0.15) is 0 Å². The van der Waals surface area contributed by atoms with Crippen molar-refractivity contribution in [1.82, 2.24) is 0 Å². The van der Waals surface area contributed by atoms with Gasteiger partial charge in [0.15, 0.2) is 0 Å². The van der Waals surface area contributed by atoms with Gasteiger partial charge in [-0.15, -0.1) is 0 Å². The predicted octanol–water partition coefficient (Wildman–Crippen LogP) is 3.37. The normalized spacial score (nSPS) is 11.8. The van der Waals surface area contributed by atoms with Crippen molar-refractivity contribution < 1.29 is 5.11 Å². The van der Waals surface area contributed by atoms with Crippen molar-refractivity contribution in [3.05, 3.63) is 33.3 Å². The first-order valence-electron chi connectivity index (χ1n) is 4.03. The van der Waals surface area contributed by atoms with Crippen LogP contribution in [-0.2, 0) is 5.41 Å². The van der Waals surface area contributed by atoms with Crippen LogP contribution in [0.1, 0.15) is 19.4 Å². The molecule has 0 aliphatic heterocycles. The van der Waals surface area contributed by atoms with Crippen LogP contribution in [0.5, 0.6) is 0 Å². The Morgan fingerprint density at radius 2 is 2.00 bits per heavy atom. The Balaban J connectivity index is 3.15. The van der Waals surface area contributed by atoms with Gasteiger partial charge in [0, 0.05) is 14.9 Å². The van der Waals surface area contributed by atoms with Gasteiger partial charge < -0.3 is 5.11 Å². The number of rotatable bonds is 2. The lowest BCUT2D eigenvalue weighted by Crippen LogP contribution is -2.21. The molecule has 13 heavy (non-hydrogen) atoms. The van der Waals surface area contributed by atoms with Crippen molar-refractivity contribution >= 4 is 27.5 Å². The van der Waals surface area contributed by atoms with E-state index >= 15 is 0 Å². The van der Waals surface area contributed by atoms with Crippen molar-refractivity contribution in [2.24, 2.45) is 0 Å². The van der Waals surface area contributed by atoms with E-state index in [9.17, 15) is 5.11 Å². The molecule has 0 saturated heterocycles. The second-order valence-electron chi connectivity index (χ2n) is 3.70. The molecule has 0 unspecified atom stereocenters. The largest absolute Gasteiger partial charge is 0.395 e. The molecule has 0 bridgehead atoms. The molecule has 0 radical (unpaired) electrons. The molecular weight excluding hydrogens is 251 g/mol. The minimum atomic E-state index is -0.243. The Kier molecular flexibility index (Phi) is 3.38. The van der Waals surface area contributed by atoms with E-state index in [1.807, 2.05) is 32.0 Å². The topological polar surface area (TPSA) is 20.2 Å². The molecule has 0 spiro atoms. The fourth-order valence-corrected chi connectivity index (χ4v) is 1.90. The van der Waals surface area contributed by atoms with Crippen molar-refractivity contribution in [2.75, 3.05) is 6.61 Å². The van der Waals surface area contributed by atoms with Crippen LogP contribution in [0.4, 0.5) is 0 Å². The fraction of sp³-hybridized carbons (Fsp3) is 0.400. The van der Waals surface area contributed by atoms with E-state index in [0.29, 0.717) is 5.02 Å². The number of hydrogen-bond donors (Lipinski definition) is 1. The first-order chi connectivity index (χ1) is 5.95. The molecule has 1 aromatic rings. The standard InChI is InChI=1S/C10H12BrClO/c1-10(2,6-13)7-3-8(11)5-9(12)4-7/h3-5,13H,6H2,1-2H3. The summed E-state index contributed by atoms with van der Waals surface area (Å²) in [5.41, 5.74) is 0.794. The summed E-state index contributed by atoms with van der Waals surface area (Å²) >= 11 is 9.27. The molecule has 0 aliphatic carbocycles. The van der Waals surface area contributed by atoms with Crippen LogP contribution in [0.2, 0.25) is 5.02 Å². The van der Waals surface area contributed by atoms with E-state index in [2.05, 4.69) is 15.9 Å². The van der Waals surface area contributed by atoms with Crippen LogP contribution in [0.25, 0.3) is 0 Å². The van der Waals surface area contributed by atoms with E-state index < -0.39 is 0 Å². The van der Waals surface area contributed by atoms with Crippen LogP contribution < -0.4 is 0 Å². The Labute approximate surface area is 91.9 Å². The SMILES string of the molecule is CC(C)(CO)c1cc(Cl)cc(Br)c1. The van der Waals surface area contributed by atoms with Gasteiger partial charge in [-0.25, -0.2) is 0 Å². The lowest BCUT2D eigenvalue weighted by Gasteiger charge is -2.22. The minimum Gasteiger partial charge on any atom is -0.395 e. The van der Waals surface area contributed by atoms with Gasteiger partial charge in [-0.05, 0) is 23.8 Å². The van der Waals surface area contributed by atoms with Gasteiger partial charge >= 0.3 is 0 Å². The number of benzene rings is 1.